The maximum Gasteiger partial charge on any atom is 0.165 e. The Morgan fingerprint density at radius 2 is 1.74 bits per heavy atom. The second-order valence-electron chi connectivity index (χ2n) is 4.02. The molecule has 19 heavy (non-hydrogen) atoms. The molecule has 1 N–H and O–H groups in total. The maximum absolute atomic E-state index is 13.5. The summed E-state index contributed by atoms with van der Waals surface area (Å²) in [4.78, 5) is 0. The molecule has 0 aliphatic rings. The number of anilines is 1. The van der Waals surface area contributed by atoms with Gasteiger partial charge >= 0.3 is 0 Å². The van der Waals surface area contributed by atoms with E-state index in [9.17, 15) is 4.39 Å². The van der Waals surface area contributed by atoms with Crippen molar-refractivity contribution in [3.63, 3.8) is 0 Å². The Morgan fingerprint density at radius 1 is 1.00 bits per heavy atom. The van der Waals surface area contributed by atoms with Gasteiger partial charge in [-0.15, -0.1) is 0 Å². The van der Waals surface area contributed by atoms with Crippen LogP contribution >= 0.6 is 0 Å². The van der Waals surface area contributed by atoms with Gasteiger partial charge in [0.25, 0.3) is 0 Å². The van der Waals surface area contributed by atoms with Crippen molar-refractivity contribution in [1.82, 2.24) is 0 Å². The second kappa shape index (κ2) is 6.09. The van der Waals surface area contributed by atoms with Crippen LogP contribution in [-0.4, -0.2) is 14.2 Å². The van der Waals surface area contributed by atoms with Crippen molar-refractivity contribution < 1.29 is 13.9 Å². The molecule has 0 heterocycles. The summed E-state index contributed by atoms with van der Waals surface area (Å²) in [6.45, 7) is 0.515. The van der Waals surface area contributed by atoms with Crippen LogP contribution < -0.4 is 14.8 Å². The Hall–Kier alpha value is -2.23. The highest BCUT2D eigenvalue weighted by atomic mass is 19.1. The summed E-state index contributed by atoms with van der Waals surface area (Å²) < 4.78 is 23.7. The molecule has 0 fully saturated rings. The lowest BCUT2D eigenvalue weighted by molar-refractivity contribution is 0.386. The van der Waals surface area contributed by atoms with Crippen LogP contribution in [-0.2, 0) is 6.54 Å². The average Bonchev–Trinajstić information content (AvgIpc) is 2.45. The molecule has 0 aliphatic heterocycles. The molecule has 3 nitrogen and oxygen atoms in total. The molecule has 0 aliphatic carbocycles. The highest BCUT2D eigenvalue weighted by Crippen LogP contribution is 2.24. The monoisotopic (exact) mass is 261 g/mol. The largest absolute Gasteiger partial charge is 0.495 e. The van der Waals surface area contributed by atoms with Crippen molar-refractivity contribution in [3.05, 3.63) is 53.8 Å². The number of para-hydroxylation sites is 2. The Bertz CT molecular complexity index is 558. The van der Waals surface area contributed by atoms with Gasteiger partial charge in [-0.25, -0.2) is 4.39 Å². The van der Waals surface area contributed by atoms with Crippen molar-refractivity contribution in [1.29, 1.82) is 0 Å². The van der Waals surface area contributed by atoms with Crippen LogP contribution in [0.25, 0.3) is 0 Å². The van der Waals surface area contributed by atoms with Crippen LogP contribution in [0.15, 0.2) is 42.5 Å². The van der Waals surface area contributed by atoms with Gasteiger partial charge in [0.05, 0.1) is 19.9 Å². The predicted octanol–water partition coefficient (Wildman–Crippen LogP) is 3.46. The molecule has 0 atom stereocenters. The zero-order valence-corrected chi connectivity index (χ0v) is 10.9. The Labute approximate surface area is 112 Å². The number of nitrogens with one attached hydrogen (secondary N) is 1. The number of rotatable bonds is 5. The lowest BCUT2D eigenvalue weighted by Crippen LogP contribution is -2.02. The van der Waals surface area contributed by atoms with Crippen molar-refractivity contribution in [2.24, 2.45) is 0 Å². The summed E-state index contributed by atoms with van der Waals surface area (Å²) in [5, 5.41) is 3.21. The standard InChI is InChI=1S/C15H16FNO2/c1-18-14-8-7-11(9-12(14)16)10-17-13-5-3-4-6-15(13)19-2/h3-9,17H,10H2,1-2H3. The van der Waals surface area contributed by atoms with E-state index in [-0.39, 0.29) is 11.6 Å². The summed E-state index contributed by atoms with van der Waals surface area (Å²) in [5.41, 5.74) is 1.71. The number of benzene rings is 2. The highest BCUT2D eigenvalue weighted by molar-refractivity contribution is 5.56. The van der Waals surface area contributed by atoms with Crippen LogP contribution in [0, 0.1) is 5.82 Å². The number of halogens is 1. The molecule has 0 radical (unpaired) electrons. The predicted molar refractivity (Wildman–Crippen MR) is 73.3 cm³/mol. The van der Waals surface area contributed by atoms with Gasteiger partial charge in [-0.3, -0.25) is 0 Å². The number of methoxy groups -OCH3 is 2. The summed E-state index contributed by atoms with van der Waals surface area (Å²) in [6, 6.07) is 12.5. The lowest BCUT2D eigenvalue weighted by atomic mass is 10.2. The van der Waals surface area contributed by atoms with Gasteiger partial charge in [0.2, 0.25) is 0 Å². The van der Waals surface area contributed by atoms with Crippen molar-refractivity contribution in [2.45, 2.75) is 6.54 Å². The van der Waals surface area contributed by atoms with Gasteiger partial charge in [-0.2, -0.15) is 0 Å². The third-order valence-electron chi connectivity index (χ3n) is 2.81. The molecular weight excluding hydrogens is 245 g/mol. The zero-order chi connectivity index (χ0) is 13.7. The van der Waals surface area contributed by atoms with Gasteiger partial charge in [-0.05, 0) is 29.8 Å². The first-order valence-corrected chi connectivity index (χ1v) is 5.94. The fourth-order valence-electron chi connectivity index (χ4n) is 1.81. The minimum absolute atomic E-state index is 0.251. The maximum atomic E-state index is 13.5. The van der Waals surface area contributed by atoms with Crippen molar-refractivity contribution in [3.8, 4) is 11.5 Å². The first-order valence-electron chi connectivity index (χ1n) is 5.94. The van der Waals surface area contributed by atoms with Gasteiger partial charge < -0.3 is 14.8 Å². The highest BCUT2D eigenvalue weighted by Gasteiger charge is 2.05. The fraction of sp³-hybridized carbons (Fsp3) is 0.200. The molecule has 0 bridgehead atoms. The molecule has 2 aromatic carbocycles. The van der Waals surface area contributed by atoms with Crippen LogP contribution in [0.5, 0.6) is 11.5 Å². The summed E-state index contributed by atoms with van der Waals surface area (Å²) >= 11 is 0. The van der Waals surface area contributed by atoms with Crippen LogP contribution in [0.4, 0.5) is 10.1 Å². The van der Waals surface area contributed by atoms with Gasteiger partial charge in [0.1, 0.15) is 5.75 Å². The van der Waals surface area contributed by atoms with E-state index in [0.29, 0.717) is 6.54 Å². The Kier molecular flexibility index (Phi) is 4.23. The van der Waals surface area contributed by atoms with E-state index in [2.05, 4.69) is 5.32 Å². The summed E-state index contributed by atoms with van der Waals surface area (Å²) in [7, 11) is 3.07. The minimum atomic E-state index is -0.359. The molecule has 0 saturated carbocycles. The second-order valence-corrected chi connectivity index (χ2v) is 4.02. The van der Waals surface area contributed by atoms with E-state index in [0.717, 1.165) is 17.0 Å². The summed E-state index contributed by atoms with van der Waals surface area (Å²) in [6.07, 6.45) is 0. The minimum Gasteiger partial charge on any atom is -0.495 e. The quantitative estimate of drug-likeness (QED) is 0.894. The molecule has 0 saturated heterocycles. The van der Waals surface area contributed by atoms with E-state index in [4.69, 9.17) is 9.47 Å². The van der Waals surface area contributed by atoms with Crippen molar-refractivity contribution in [2.75, 3.05) is 19.5 Å². The van der Waals surface area contributed by atoms with E-state index in [1.165, 1.54) is 13.2 Å². The van der Waals surface area contributed by atoms with Crippen LogP contribution in [0.2, 0.25) is 0 Å². The average molecular weight is 261 g/mol. The fourth-order valence-corrected chi connectivity index (χ4v) is 1.81. The zero-order valence-electron chi connectivity index (χ0n) is 10.9. The lowest BCUT2D eigenvalue weighted by Gasteiger charge is -2.11. The van der Waals surface area contributed by atoms with E-state index in [1.807, 2.05) is 30.3 Å². The third kappa shape index (κ3) is 3.16. The number of hydrogen-bond donors (Lipinski definition) is 1. The van der Waals surface area contributed by atoms with Gasteiger partial charge in [0.15, 0.2) is 11.6 Å². The van der Waals surface area contributed by atoms with E-state index in [1.54, 1.807) is 13.2 Å². The Morgan fingerprint density at radius 3 is 2.42 bits per heavy atom. The molecule has 0 unspecified atom stereocenters. The van der Waals surface area contributed by atoms with E-state index < -0.39 is 0 Å². The molecule has 2 rings (SSSR count). The Balaban J connectivity index is 2.08. The first kappa shape index (κ1) is 13.2. The molecule has 0 spiro atoms. The normalized spacial score (nSPS) is 10.1. The molecule has 4 heteroatoms. The molecule has 2 aromatic rings. The first-order chi connectivity index (χ1) is 9.24. The van der Waals surface area contributed by atoms with Gasteiger partial charge in [-0.1, -0.05) is 18.2 Å². The third-order valence-corrected chi connectivity index (χ3v) is 2.81. The van der Waals surface area contributed by atoms with E-state index >= 15 is 0 Å². The van der Waals surface area contributed by atoms with Crippen LogP contribution in [0.1, 0.15) is 5.56 Å². The smallest absolute Gasteiger partial charge is 0.165 e. The molecular formula is C15H16FNO2. The SMILES string of the molecule is COc1ccc(CNc2ccccc2OC)cc1F. The molecule has 0 aromatic heterocycles. The topological polar surface area (TPSA) is 30.5 Å². The molecule has 100 valence electrons. The van der Waals surface area contributed by atoms with Crippen molar-refractivity contribution >= 4 is 5.69 Å². The van der Waals surface area contributed by atoms with Crippen LogP contribution in [0.3, 0.4) is 0 Å². The number of ether oxygens (including phenoxy) is 2. The number of hydrogen-bond acceptors (Lipinski definition) is 3. The summed E-state index contributed by atoms with van der Waals surface area (Å²) in [5.74, 6) is 0.652. The van der Waals surface area contributed by atoms with Gasteiger partial charge in [0, 0.05) is 6.54 Å². The molecule has 0 amide bonds.